The standard InChI is InChI=1S/C20H21F3N2O3/c21-20(22,23)16-11-17(26)24-19-25(16)12-15(28-19)18(13-7-3-1-4-8-13)27-14-9-5-2-6-10-14/h2,5-6,9-11,13,15,18H,1,3-4,7-8,12H2. The molecule has 150 valence electrons. The second kappa shape index (κ2) is 7.48. The summed E-state index contributed by atoms with van der Waals surface area (Å²) >= 11 is 0. The Morgan fingerprint density at radius 3 is 2.54 bits per heavy atom. The molecule has 0 amide bonds. The molecule has 5 nitrogen and oxygen atoms in total. The van der Waals surface area contributed by atoms with Crippen molar-refractivity contribution in [3.8, 4) is 11.8 Å². The van der Waals surface area contributed by atoms with E-state index >= 15 is 0 Å². The minimum atomic E-state index is -4.66. The fourth-order valence-corrected chi connectivity index (χ4v) is 4.10. The summed E-state index contributed by atoms with van der Waals surface area (Å²) in [6, 6.07) is 9.43. The summed E-state index contributed by atoms with van der Waals surface area (Å²) in [6.45, 7) is -0.0501. The quantitative estimate of drug-likeness (QED) is 0.785. The van der Waals surface area contributed by atoms with Gasteiger partial charge in [0.15, 0.2) is 6.10 Å². The third-order valence-corrected chi connectivity index (χ3v) is 5.39. The van der Waals surface area contributed by atoms with Gasteiger partial charge >= 0.3 is 12.2 Å². The van der Waals surface area contributed by atoms with Crippen LogP contribution in [-0.2, 0) is 12.7 Å². The van der Waals surface area contributed by atoms with Crippen molar-refractivity contribution in [3.05, 3.63) is 52.4 Å². The molecule has 0 saturated heterocycles. The summed E-state index contributed by atoms with van der Waals surface area (Å²) in [7, 11) is 0. The van der Waals surface area contributed by atoms with E-state index in [1.807, 2.05) is 30.3 Å². The average Bonchev–Trinajstić information content (AvgIpc) is 3.09. The van der Waals surface area contributed by atoms with E-state index in [-0.39, 0.29) is 18.5 Å². The van der Waals surface area contributed by atoms with Crippen molar-refractivity contribution in [1.29, 1.82) is 0 Å². The highest BCUT2D eigenvalue weighted by atomic mass is 19.4. The molecule has 2 atom stereocenters. The van der Waals surface area contributed by atoms with Gasteiger partial charge in [-0.1, -0.05) is 37.5 Å². The van der Waals surface area contributed by atoms with Crippen molar-refractivity contribution in [2.45, 2.75) is 57.0 Å². The zero-order valence-corrected chi connectivity index (χ0v) is 15.2. The number of aromatic nitrogens is 2. The lowest BCUT2D eigenvalue weighted by atomic mass is 9.83. The number of ether oxygens (including phenoxy) is 2. The van der Waals surface area contributed by atoms with Gasteiger partial charge in [-0.3, -0.25) is 9.36 Å². The lowest BCUT2D eigenvalue weighted by molar-refractivity contribution is -0.144. The van der Waals surface area contributed by atoms with Crippen LogP contribution in [0, 0.1) is 5.92 Å². The predicted octanol–water partition coefficient (Wildman–Crippen LogP) is 4.05. The molecule has 0 N–H and O–H groups in total. The molecule has 2 unspecified atom stereocenters. The van der Waals surface area contributed by atoms with Gasteiger partial charge in [0.1, 0.15) is 17.5 Å². The van der Waals surface area contributed by atoms with E-state index in [4.69, 9.17) is 9.47 Å². The Hall–Kier alpha value is -2.51. The topological polar surface area (TPSA) is 53.4 Å². The van der Waals surface area contributed by atoms with Crippen LogP contribution in [0.2, 0.25) is 0 Å². The first-order chi connectivity index (χ1) is 13.4. The Bertz CT molecular complexity index is 877. The molecule has 1 aromatic carbocycles. The van der Waals surface area contributed by atoms with Crippen LogP contribution in [-0.4, -0.2) is 21.8 Å². The summed E-state index contributed by atoms with van der Waals surface area (Å²) in [5.41, 5.74) is -2.00. The summed E-state index contributed by atoms with van der Waals surface area (Å²) in [6.07, 6.45) is -0.579. The zero-order valence-electron chi connectivity index (χ0n) is 15.2. The number of hydrogen-bond acceptors (Lipinski definition) is 4. The number of nitrogens with zero attached hydrogens (tertiary/aromatic N) is 2. The largest absolute Gasteiger partial charge is 0.486 e. The Labute approximate surface area is 160 Å². The molecule has 2 aliphatic rings. The van der Waals surface area contributed by atoms with Crippen LogP contribution in [0.5, 0.6) is 11.8 Å². The van der Waals surface area contributed by atoms with E-state index in [2.05, 4.69) is 4.98 Å². The van der Waals surface area contributed by atoms with E-state index < -0.39 is 29.6 Å². The Morgan fingerprint density at radius 2 is 1.86 bits per heavy atom. The second-order valence-electron chi connectivity index (χ2n) is 7.32. The third kappa shape index (κ3) is 3.86. The van der Waals surface area contributed by atoms with Crippen LogP contribution in [0.1, 0.15) is 37.8 Å². The van der Waals surface area contributed by atoms with Gasteiger partial charge in [-0.05, 0) is 30.9 Å². The fraction of sp³-hybridized carbons (Fsp3) is 0.500. The Morgan fingerprint density at radius 1 is 1.14 bits per heavy atom. The normalized spacial score (nSPS) is 21.0. The lowest BCUT2D eigenvalue weighted by Gasteiger charge is -2.33. The highest BCUT2D eigenvalue weighted by Crippen LogP contribution is 2.37. The molecule has 1 aliphatic carbocycles. The lowest BCUT2D eigenvalue weighted by Crippen LogP contribution is -2.42. The van der Waals surface area contributed by atoms with Crippen molar-refractivity contribution in [2.24, 2.45) is 5.92 Å². The molecular weight excluding hydrogens is 373 g/mol. The second-order valence-corrected chi connectivity index (χ2v) is 7.32. The molecule has 1 aromatic heterocycles. The summed E-state index contributed by atoms with van der Waals surface area (Å²) in [4.78, 5) is 15.3. The molecule has 0 radical (unpaired) electrons. The summed E-state index contributed by atoms with van der Waals surface area (Å²) in [5.74, 6) is 0.825. The van der Waals surface area contributed by atoms with Gasteiger partial charge in [-0.25, -0.2) is 0 Å². The van der Waals surface area contributed by atoms with Gasteiger partial charge in [0, 0.05) is 6.07 Å². The number of rotatable bonds is 4. The Balaban J connectivity index is 1.64. The van der Waals surface area contributed by atoms with Crippen molar-refractivity contribution >= 4 is 0 Å². The van der Waals surface area contributed by atoms with Gasteiger partial charge < -0.3 is 9.47 Å². The van der Waals surface area contributed by atoms with Crippen LogP contribution in [0.4, 0.5) is 13.2 Å². The highest BCUT2D eigenvalue weighted by Gasteiger charge is 2.43. The minimum absolute atomic E-state index is 0.0501. The number of para-hydroxylation sites is 1. The summed E-state index contributed by atoms with van der Waals surface area (Å²) in [5, 5.41) is 0. The van der Waals surface area contributed by atoms with Gasteiger partial charge in [0.25, 0.3) is 5.56 Å². The van der Waals surface area contributed by atoms with Crippen molar-refractivity contribution in [3.63, 3.8) is 0 Å². The zero-order chi connectivity index (χ0) is 19.7. The first-order valence-electron chi connectivity index (χ1n) is 9.49. The van der Waals surface area contributed by atoms with Crippen molar-refractivity contribution < 1.29 is 22.6 Å². The van der Waals surface area contributed by atoms with E-state index in [1.165, 1.54) is 0 Å². The van der Waals surface area contributed by atoms with E-state index in [1.54, 1.807) is 0 Å². The van der Waals surface area contributed by atoms with Gasteiger partial charge in [0.05, 0.1) is 6.54 Å². The fourth-order valence-electron chi connectivity index (χ4n) is 4.10. The van der Waals surface area contributed by atoms with Crippen LogP contribution >= 0.6 is 0 Å². The van der Waals surface area contributed by atoms with Crippen molar-refractivity contribution in [1.82, 2.24) is 9.55 Å². The number of fused-ring (bicyclic) bond motifs is 1. The molecule has 1 aliphatic heterocycles. The van der Waals surface area contributed by atoms with E-state index in [0.29, 0.717) is 11.8 Å². The molecule has 0 bridgehead atoms. The SMILES string of the molecule is O=c1cc(C(F)(F)F)n2c(n1)OC(C(Oc1ccccc1)C1CCCCC1)C2. The Kier molecular flexibility index (Phi) is 5.03. The van der Waals surface area contributed by atoms with E-state index in [0.717, 1.165) is 36.7 Å². The highest BCUT2D eigenvalue weighted by molar-refractivity contribution is 5.22. The van der Waals surface area contributed by atoms with Crippen molar-refractivity contribution in [2.75, 3.05) is 0 Å². The van der Waals surface area contributed by atoms with E-state index in [9.17, 15) is 18.0 Å². The third-order valence-electron chi connectivity index (χ3n) is 5.39. The minimum Gasteiger partial charge on any atom is -0.486 e. The molecule has 4 rings (SSSR count). The van der Waals surface area contributed by atoms with Gasteiger partial charge in [-0.2, -0.15) is 18.2 Å². The average molecular weight is 394 g/mol. The number of benzene rings is 1. The molecule has 1 fully saturated rings. The maximum Gasteiger partial charge on any atom is 0.431 e. The smallest absolute Gasteiger partial charge is 0.431 e. The monoisotopic (exact) mass is 394 g/mol. The van der Waals surface area contributed by atoms with Crippen LogP contribution < -0.4 is 15.0 Å². The van der Waals surface area contributed by atoms with Crippen LogP contribution in [0.25, 0.3) is 0 Å². The molecule has 8 heteroatoms. The first-order valence-corrected chi connectivity index (χ1v) is 9.49. The summed E-state index contributed by atoms with van der Waals surface area (Å²) < 4.78 is 53.0. The predicted molar refractivity (Wildman–Crippen MR) is 95.3 cm³/mol. The van der Waals surface area contributed by atoms with Crippen LogP contribution in [0.3, 0.4) is 0 Å². The number of hydrogen-bond donors (Lipinski definition) is 0. The maximum atomic E-state index is 13.4. The number of halogens is 3. The molecule has 2 heterocycles. The number of alkyl halides is 3. The molecular formula is C20H21F3N2O3. The first kappa shape index (κ1) is 18.8. The molecule has 2 aromatic rings. The maximum absolute atomic E-state index is 13.4. The van der Waals surface area contributed by atoms with Crippen LogP contribution in [0.15, 0.2) is 41.2 Å². The molecule has 0 spiro atoms. The molecule has 28 heavy (non-hydrogen) atoms. The molecule has 1 saturated carbocycles. The van der Waals surface area contributed by atoms with Gasteiger partial charge in [0.2, 0.25) is 0 Å². The van der Waals surface area contributed by atoms with Gasteiger partial charge in [-0.15, -0.1) is 0 Å².